The van der Waals surface area contributed by atoms with Gasteiger partial charge in [-0.2, -0.15) is 0 Å². The first-order chi connectivity index (χ1) is 64.0. The number of benzene rings is 19. The van der Waals surface area contributed by atoms with Crippen LogP contribution in [0.3, 0.4) is 0 Å². The molecule has 20 aromatic rings. The van der Waals surface area contributed by atoms with Crippen molar-refractivity contribution in [3.8, 4) is 56.8 Å². The molecule has 0 radical (unpaired) electrons. The number of nitrogens with zero attached hydrogens (tertiary/aromatic N) is 3. The van der Waals surface area contributed by atoms with E-state index >= 15 is 4.39 Å². The molecular weight excluding hydrogens is 1630 g/mol. The van der Waals surface area contributed by atoms with Gasteiger partial charge in [0.1, 0.15) is 45.9 Å². The van der Waals surface area contributed by atoms with Crippen molar-refractivity contribution in [1.82, 2.24) is 0 Å². The average molecular weight is 1710 g/mol. The summed E-state index contributed by atoms with van der Waals surface area (Å²) in [7, 11) is 0. The van der Waals surface area contributed by atoms with Gasteiger partial charge in [-0.25, -0.2) is 17.6 Å². The lowest BCUT2D eigenvalue weighted by Crippen LogP contribution is -2.29. The maximum Gasteiger partial charge on any atom is 0.178 e. The van der Waals surface area contributed by atoms with E-state index in [9.17, 15) is 13.2 Å². The second-order valence-corrected chi connectivity index (χ2v) is 35.0. The SMILES string of the molecule is Fc1ccc(N(c2ccc(F)cc2)c2cccc(C3(c4cccc(N(c5ccc(F)cc5)c5cccc(F)c5)c4)c4ccccc4-c4c3ccc3c4Oc4ccccc4O3)c2)cc1.c1cc(C2CCCCC2)cc(C2(c3cccc4c3oc3cccc(N(c5ccc6ccccc6c5)c5ccc6ccccc6c5)c34)c3ccccc3-c3c2ccc2c3Sc3ccccc3O2)c1. The molecule has 0 spiro atoms. The molecule has 0 amide bonds. The van der Waals surface area contributed by atoms with E-state index < -0.39 is 22.5 Å². The third-order valence-corrected chi connectivity index (χ3v) is 27.9. The number of ether oxygens (including phenoxy) is 3. The van der Waals surface area contributed by atoms with Crippen molar-refractivity contribution < 1.29 is 36.2 Å². The Labute approximate surface area is 753 Å². The summed E-state index contributed by atoms with van der Waals surface area (Å²) in [6, 6.07) is 137. The zero-order chi connectivity index (χ0) is 86.7. The van der Waals surface area contributed by atoms with Crippen LogP contribution in [-0.2, 0) is 10.8 Å². The first kappa shape index (κ1) is 77.9. The zero-order valence-electron chi connectivity index (χ0n) is 70.3. The number of fused-ring (bicyclic) bond motifs is 17. The number of rotatable bonds is 14. The molecule has 7 nitrogen and oxygen atoms in total. The van der Waals surface area contributed by atoms with E-state index in [0.717, 1.165) is 105 Å². The van der Waals surface area contributed by atoms with Crippen molar-refractivity contribution in [3.63, 3.8) is 0 Å². The van der Waals surface area contributed by atoms with Gasteiger partial charge in [0, 0.05) is 67.6 Å². The fraction of sp³-hybridized carbons (Fsp3) is 0.0678. The quantitative estimate of drug-likeness (QED) is 0.0999. The lowest BCUT2D eigenvalue weighted by molar-refractivity contribution is 0.360. The largest absolute Gasteiger partial charge is 0.456 e. The van der Waals surface area contributed by atoms with Crippen LogP contribution in [0.5, 0.6) is 34.5 Å². The first-order valence-electron chi connectivity index (χ1n) is 44.2. The highest BCUT2D eigenvalue weighted by molar-refractivity contribution is 7.99. The van der Waals surface area contributed by atoms with Crippen LogP contribution in [-0.4, -0.2) is 0 Å². The molecule has 5 aliphatic rings. The zero-order valence-corrected chi connectivity index (χ0v) is 71.1. The highest BCUT2D eigenvalue weighted by Crippen LogP contribution is 2.66. The van der Waals surface area contributed by atoms with Gasteiger partial charge in [0.2, 0.25) is 0 Å². The maximum absolute atomic E-state index is 15.0. The monoisotopic (exact) mass is 1710 g/mol. The van der Waals surface area contributed by atoms with Gasteiger partial charge in [0.25, 0.3) is 0 Å². The van der Waals surface area contributed by atoms with Crippen LogP contribution in [0, 0.1) is 23.3 Å². The van der Waals surface area contributed by atoms with Crippen molar-refractivity contribution in [2.24, 2.45) is 0 Å². The molecule has 1 saturated carbocycles. The number of furan rings is 1. The molecule has 0 bridgehead atoms. The van der Waals surface area contributed by atoms with E-state index in [2.05, 4.69) is 254 Å². The molecule has 0 saturated heterocycles. The molecule has 19 aromatic carbocycles. The smallest absolute Gasteiger partial charge is 0.178 e. The van der Waals surface area contributed by atoms with Gasteiger partial charge in [-0.15, -0.1) is 0 Å². The number of anilines is 9. The standard InChI is InChI=1S/C63H45NO2S.C55H34F4N2O2/c1-2-15-40(16-3-1)43-21-12-22-46(37-43)63(51-25-9-8-23-49(51)59-52(63)35-36-57-62(59)67-58-30-11-10-28-55(58)65-57)53-26-13-24-50-60-54(27-14-29-56(60)66-61(50)53)64(47-33-31-41-17-4-6-19-44(41)38-47)48-34-32-42-18-5-7-20-45(42)39-48;56-37-18-24-41(25-19-37)60(42-26-20-38(57)21-27-42)44-11-5-8-35(32-44)55(36-9-6-12-45(33-36)61(43-28-22-39(58)23-29-43)46-13-7-10-40(59)34-46)48-15-2-1-14-47(48)53-49(55)30-31-52-54(53)63-51-17-4-3-16-50(51)62-52/h4-14,17-40H,1-3,15-16H2;1-34H. The van der Waals surface area contributed by atoms with Crippen molar-refractivity contribution in [2.75, 3.05) is 14.7 Å². The van der Waals surface area contributed by atoms with Gasteiger partial charge in [-0.3, -0.25) is 0 Å². The molecule has 12 heteroatoms. The second-order valence-electron chi connectivity index (χ2n) is 34.0. The molecule has 0 N–H and O–H groups in total. The molecule has 130 heavy (non-hydrogen) atoms. The summed E-state index contributed by atoms with van der Waals surface area (Å²) < 4.78 is 85.7. The van der Waals surface area contributed by atoms with Crippen LogP contribution in [0.25, 0.3) is 65.7 Å². The summed E-state index contributed by atoms with van der Waals surface area (Å²) in [4.78, 5) is 8.59. The molecule has 1 aromatic heterocycles. The predicted octanol–water partition coefficient (Wildman–Crippen LogP) is 33.5. The van der Waals surface area contributed by atoms with Gasteiger partial charge < -0.3 is 33.3 Å². The number of hydrogen-bond donors (Lipinski definition) is 0. The predicted molar refractivity (Wildman–Crippen MR) is 517 cm³/mol. The molecule has 624 valence electrons. The summed E-state index contributed by atoms with van der Waals surface area (Å²) in [5.41, 5.74) is 21.6. The van der Waals surface area contributed by atoms with Gasteiger partial charge in [-0.05, 0) is 284 Å². The van der Waals surface area contributed by atoms with E-state index in [1.165, 1.54) is 136 Å². The highest BCUT2D eigenvalue weighted by atomic mass is 32.2. The normalized spacial score (nSPS) is 15.4. The van der Waals surface area contributed by atoms with Crippen LogP contribution in [0.1, 0.15) is 88.1 Å². The Bertz CT molecular complexity index is 7780. The summed E-state index contributed by atoms with van der Waals surface area (Å²) in [6.07, 6.45) is 6.36. The Kier molecular flexibility index (Phi) is 19.0. The lowest BCUT2D eigenvalue weighted by atomic mass is 9.66. The molecule has 2 aliphatic heterocycles. The minimum Gasteiger partial charge on any atom is -0.456 e. The van der Waals surface area contributed by atoms with E-state index in [4.69, 9.17) is 18.6 Å². The van der Waals surface area contributed by atoms with Crippen LogP contribution in [0.15, 0.2) is 427 Å². The van der Waals surface area contributed by atoms with Gasteiger partial charge in [0.15, 0.2) is 23.0 Å². The summed E-state index contributed by atoms with van der Waals surface area (Å²) in [6.45, 7) is 0. The molecule has 2 unspecified atom stereocenters. The topological polar surface area (TPSA) is 50.5 Å². The highest BCUT2D eigenvalue weighted by Gasteiger charge is 2.52. The van der Waals surface area contributed by atoms with Crippen molar-refractivity contribution >= 4 is 106 Å². The summed E-state index contributed by atoms with van der Waals surface area (Å²) in [5, 5.41) is 7.00. The number of halogens is 4. The molecule has 25 rings (SSSR count). The van der Waals surface area contributed by atoms with Crippen LogP contribution < -0.4 is 28.9 Å². The summed E-state index contributed by atoms with van der Waals surface area (Å²) >= 11 is 1.82. The fourth-order valence-electron chi connectivity index (χ4n) is 21.1. The van der Waals surface area contributed by atoms with Crippen LogP contribution in [0.2, 0.25) is 0 Å². The van der Waals surface area contributed by atoms with E-state index in [1.807, 2.05) is 94.4 Å². The van der Waals surface area contributed by atoms with Gasteiger partial charge >= 0.3 is 0 Å². The molecule has 3 aliphatic carbocycles. The van der Waals surface area contributed by atoms with E-state index in [1.54, 1.807) is 42.5 Å². The molecule has 2 atom stereocenters. The third-order valence-electron chi connectivity index (χ3n) is 26.7. The third kappa shape index (κ3) is 12.9. The minimum atomic E-state index is -1.03. The Balaban J connectivity index is 0.000000144. The van der Waals surface area contributed by atoms with E-state index in [-0.39, 0.29) is 11.6 Å². The minimum absolute atomic E-state index is 0.380. The number of hydrogen-bond acceptors (Lipinski definition) is 8. The maximum atomic E-state index is 15.0. The summed E-state index contributed by atoms with van der Waals surface area (Å²) in [5.74, 6) is 3.16. The Hall–Kier alpha value is -15.6. The second kappa shape index (κ2) is 31.7. The van der Waals surface area contributed by atoms with Gasteiger partial charge in [-0.1, -0.05) is 255 Å². The van der Waals surface area contributed by atoms with Gasteiger partial charge in [0.05, 0.1) is 31.7 Å². The van der Waals surface area contributed by atoms with Crippen LogP contribution >= 0.6 is 11.8 Å². The first-order valence-corrected chi connectivity index (χ1v) is 45.0. The molecular formula is C118H79F4N3O4S. The van der Waals surface area contributed by atoms with Crippen molar-refractivity contribution in [1.29, 1.82) is 0 Å². The van der Waals surface area contributed by atoms with Crippen LogP contribution in [0.4, 0.5) is 68.7 Å². The lowest BCUT2D eigenvalue weighted by Gasteiger charge is -2.36. The van der Waals surface area contributed by atoms with Crippen molar-refractivity contribution in [3.05, 3.63) is 486 Å². The van der Waals surface area contributed by atoms with E-state index in [0.29, 0.717) is 57.4 Å². The van der Waals surface area contributed by atoms with Crippen molar-refractivity contribution in [2.45, 2.75) is 58.6 Å². The Morgan fingerprint density at radius 2 is 0.762 bits per heavy atom. The Morgan fingerprint density at radius 3 is 1.39 bits per heavy atom. The molecule has 3 heterocycles. The number of para-hydroxylation sites is 4. The average Bonchev–Trinajstić information content (AvgIpc) is 1.52. The Morgan fingerprint density at radius 1 is 0.292 bits per heavy atom. The fourth-order valence-corrected chi connectivity index (χ4v) is 22.2. The molecule has 1 fully saturated rings.